The van der Waals surface area contributed by atoms with Crippen molar-refractivity contribution in [1.82, 2.24) is 14.8 Å². The van der Waals surface area contributed by atoms with Crippen LogP contribution in [-0.4, -0.2) is 20.0 Å². The third-order valence-electron chi connectivity index (χ3n) is 2.86. The zero-order valence-electron chi connectivity index (χ0n) is 11.1. The maximum atomic E-state index is 12.0. The molecule has 2 rings (SSSR count). The number of allylic oxidation sites excluding steroid dienone is 2. The van der Waals surface area contributed by atoms with Crippen molar-refractivity contribution in [2.75, 3.05) is 0 Å². The van der Waals surface area contributed by atoms with Gasteiger partial charge in [0, 0.05) is 12.3 Å². The highest BCUT2D eigenvalue weighted by Crippen LogP contribution is 2.24. The van der Waals surface area contributed by atoms with Crippen molar-refractivity contribution < 1.29 is 0 Å². The molecule has 0 N–H and O–H groups in total. The molecular weight excluding hydrogens is 246 g/mol. The Morgan fingerprint density at radius 1 is 1.39 bits per heavy atom. The van der Waals surface area contributed by atoms with Crippen LogP contribution in [0.25, 0.3) is 5.57 Å². The van der Waals surface area contributed by atoms with Gasteiger partial charge < -0.3 is 0 Å². The van der Waals surface area contributed by atoms with Crippen molar-refractivity contribution in [3.8, 4) is 0 Å². The van der Waals surface area contributed by atoms with Crippen molar-refractivity contribution in [2.45, 2.75) is 49.9 Å². The molecule has 0 aliphatic heterocycles. The Labute approximate surface area is 112 Å². The van der Waals surface area contributed by atoms with E-state index in [1.807, 2.05) is 7.05 Å². The molecule has 98 valence electrons. The largest absolute Gasteiger partial charge is 0.300 e. The second-order valence-corrected chi connectivity index (χ2v) is 6.36. The van der Waals surface area contributed by atoms with Crippen LogP contribution >= 0.6 is 11.8 Å². The quantitative estimate of drug-likeness (QED) is 0.788. The van der Waals surface area contributed by atoms with Crippen molar-refractivity contribution >= 4 is 17.3 Å². The number of hydrogen-bond donors (Lipinski definition) is 0. The normalized spacial score (nSPS) is 15.9. The van der Waals surface area contributed by atoms with E-state index in [2.05, 4.69) is 30.0 Å². The highest BCUT2D eigenvalue weighted by Gasteiger charge is 2.15. The molecule has 0 unspecified atom stereocenters. The summed E-state index contributed by atoms with van der Waals surface area (Å²) in [6.45, 7) is 4.16. The Kier molecular flexibility index (Phi) is 4.22. The van der Waals surface area contributed by atoms with Gasteiger partial charge in [-0.05, 0) is 31.3 Å². The zero-order valence-corrected chi connectivity index (χ0v) is 12.0. The van der Waals surface area contributed by atoms with Gasteiger partial charge in [0.2, 0.25) is 0 Å². The summed E-state index contributed by atoms with van der Waals surface area (Å²) < 4.78 is 1.72. The van der Waals surface area contributed by atoms with E-state index in [1.165, 1.54) is 6.42 Å². The van der Waals surface area contributed by atoms with Crippen molar-refractivity contribution in [3.05, 3.63) is 22.1 Å². The predicted octanol–water partition coefficient (Wildman–Crippen LogP) is 2.63. The molecule has 4 nitrogen and oxygen atoms in total. The second kappa shape index (κ2) is 5.69. The molecule has 18 heavy (non-hydrogen) atoms. The molecule has 0 fully saturated rings. The minimum Gasteiger partial charge on any atom is -0.265 e. The van der Waals surface area contributed by atoms with Gasteiger partial charge in [0.1, 0.15) is 0 Å². The minimum atomic E-state index is -0.190. The number of rotatable bonds is 3. The van der Waals surface area contributed by atoms with Crippen LogP contribution in [0.1, 0.15) is 45.2 Å². The van der Waals surface area contributed by atoms with Crippen LogP contribution in [0.15, 0.2) is 16.0 Å². The first-order valence-corrected chi connectivity index (χ1v) is 7.27. The van der Waals surface area contributed by atoms with E-state index in [1.54, 1.807) is 16.4 Å². The molecule has 1 aliphatic carbocycles. The van der Waals surface area contributed by atoms with Crippen LogP contribution < -0.4 is 5.56 Å². The highest BCUT2D eigenvalue weighted by molar-refractivity contribution is 7.99. The molecule has 1 heterocycles. The first kappa shape index (κ1) is 13.3. The molecule has 1 aromatic heterocycles. The lowest BCUT2D eigenvalue weighted by Crippen LogP contribution is -2.22. The van der Waals surface area contributed by atoms with Gasteiger partial charge in [0.05, 0.1) is 0 Å². The average molecular weight is 265 g/mol. The fourth-order valence-corrected chi connectivity index (χ4v) is 2.77. The maximum absolute atomic E-state index is 12.0. The summed E-state index contributed by atoms with van der Waals surface area (Å²) >= 11 is 1.56. The number of aromatic nitrogens is 3. The van der Waals surface area contributed by atoms with Gasteiger partial charge in [-0.15, -0.1) is 0 Å². The summed E-state index contributed by atoms with van der Waals surface area (Å²) in [5.41, 5.74) is 1.41. The van der Waals surface area contributed by atoms with E-state index >= 15 is 0 Å². The molecule has 5 heteroatoms. The fraction of sp³-hybridized carbons (Fsp3) is 0.615. The molecule has 0 bridgehead atoms. The van der Waals surface area contributed by atoms with Gasteiger partial charge in [-0.1, -0.05) is 31.7 Å². The minimum absolute atomic E-state index is 0.190. The number of hydrogen-bond acceptors (Lipinski definition) is 4. The lowest BCUT2D eigenvalue weighted by molar-refractivity contribution is 0.600. The van der Waals surface area contributed by atoms with Crippen molar-refractivity contribution in [1.29, 1.82) is 0 Å². The molecule has 0 saturated heterocycles. The molecule has 0 saturated carbocycles. The van der Waals surface area contributed by atoms with Crippen LogP contribution in [0.5, 0.6) is 0 Å². The second-order valence-electron chi connectivity index (χ2n) is 4.81. The van der Waals surface area contributed by atoms with Crippen molar-refractivity contribution in [3.63, 3.8) is 0 Å². The standard InChI is InChI=1S/C13H19N3OS/c1-9(2)18-13-14-12(17)11(15-16(13)3)10-7-5-4-6-8-10/h7,9H,4-6,8H2,1-3H3. The van der Waals surface area contributed by atoms with E-state index in [0.29, 0.717) is 16.1 Å². The maximum Gasteiger partial charge on any atom is 0.300 e. The SMILES string of the molecule is CC(C)Sc1nc(=O)c(C2=CCCCC2)nn1C. The molecule has 0 atom stereocenters. The Balaban J connectivity index is 2.36. The van der Waals surface area contributed by atoms with Gasteiger partial charge in [0.25, 0.3) is 5.56 Å². The van der Waals surface area contributed by atoms with Gasteiger partial charge in [0.15, 0.2) is 10.9 Å². The summed E-state index contributed by atoms with van der Waals surface area (Å²) in [5, 5.41) is 5.49. The third kappa shape index (κ3) is 3.02. The molecule has 0 spiro atoms. The summed E-state index contributed by atoms with van der Waals surface area (Å²) in [6, 6.07) is 0. The van der Waals surface area contributed by atoms with Gasteiger partial charge >= 0.3 is 0 Å². The highest BCUT2D eigenvalue weighted by atomic mass is 32.2. The fourth-order valence-electron chi connectivity index (χ4n) is 2.02. The van der Waals surface area contributed by atoms with Crippen LogP contribution in [0.2, 0.25) is 0 Å². The smallest absolute Gasteiger partial charge is 0.265 e. The lowest BCUT2D eigenvalue weighted by atomic mass is 9.97. The summed E-state index contributed by atoms with van der Waals surface area (Å²) in [5.74, 6) is 0. The number of nitrogens with zero attached hydrogens (tertiary/aromatic N) is 3. The van der Waals surface area contributed by atoms with Gasteiger partial charge in [-0.25, -0.2) is 4.68 Å². The topological polar surface area (TPSA) is 47.8 Å². The van der Waals surface area contributed by atoms with Gasteiger partial charge in [-0.2, -0.15) is 10.1 Å². The number of aryl methyl sites for hydroxylation is 1. The van der Waals surface area contributed by atoms with Crippen LogP contribution in [0, 0.1) is 0 Å². The van der Waals surface area contributed by atoms with Gasteiger partial charge in [-0.3, -0.25) is 4.79 Å². The first-order chi connectivity index (χ1) is 8.58. The lowest BCUT2D eigenvalue weighted by Gasteiger charge is -2.13. The predicted molar refractivity (Wildman–Crippen MR) is 74.7 cm³/mol. The van der Waals surface area contributed by atoms with Crippen LogP contribution in [0.3, 0.4) is 0 Å². The van der Waals surface area contributed by atoms with E-state index in [-0.39, 0.29) is 5.56 Å². The van der Waals surface area contributed by atoms with Crippen LogP contribution in [-0.2, 0) is 7.05 Å². The molecule has 0 radical (unpaired) electrons. The Morgan fingerprint density at radius 3 is 2.78 bits per heavy atom. The summed E-state index contributed by atoms with van der Waals surface area (Å²) in [4.78, 5) is 16.2. The van der Waals surface area contributed by atoms with E-state index in [0.717, 1.165) is 24.8 Å². The van der Waals surface area contributed by atoms with E-state index < -0.39 is 0 Å². The third-order valence-corrected chi connectivity index (χ3v) is 3.90. The van der Waals surface area contributed by atoms with E-state index in [9.17, 15) is 4.79 Å². The van der Waals surface area contributed by atoms with Crippen molar-refractivity contribution in [2.24, 2.45) is 7.05 Å². The monoisotopic (exact) mass is 265 g/mol. The molecule has 1 aliphatic rings. The first-order valence-electron chi connectivity index (χ1n) is 6.39. The van der Waals surface area contributed by atoms with E-state index in [4.69, 9.17) is 0 Å². The molecule has 0 amide bonds. The molecule has 0 aromatic carbocycles. The Morgan fingerprint density at radius 2 is 2.17 bits per heavy atom. The number of thioether (sulfide) groups is 1. The summed E-state index contributed by atoms with van der Waals surface area (Å²) in [6.07, 6.45) is 6.46. The summed E-state index contributed by atoms with van der Waals surface area (Å²) in [7, 11) is 1.85. The van der Waals surface area contributed by atoms with Crippen LogP contribution in [0.4, 0.5) is 0 Å². The Hall–Kier alpha value is -1.10. The average Bonchev–Trinajstić information content (AvgIpc) is 2.34. The molecule has 1 aromatic rings. The Bertz CT molecular complexity index is 519. The molecular formula is C13H19N3OS. The zero-order chi connectivity index (χ0) is 13.1.